The van der Waals surface area contributed by atoms with Crippen LogP contribution < -0.4 is 5.73 Å². The summed E-state index contributed by atoms with van der Waals surface area (Å²) in [6.07, 6.45) is 1.85. The highest BCUT2D eigenvalue weighted by molar-refractivity contribution is 5.56. The molecule has 0 aliphatic rings. The molecule has 0 atom stereocenters. The third kappa shape index (κ3) is 1.30. The summed E-state index contributed by atoms with van der Waals surface area (Å²) in [6.45, 7) is 6.02. The Kier molecular flexibility index (Phi) is 1.86. The zero-order valence-electron chi connectivity index (χ0n) is 8.78. The molecule has 2 aromatic rings. The van der Waals surface area contributed by atoms with Gasteiger partial charge in [0.25, 0.3) is 0 Å². The second kappa shape index (κ2) is 2.82. The predicted octanol–water partition coefficient (Wildman–Crippen LogP) is 1.84. The van der Waals surface area contributed by atoms with E-state index in [-0.39, 0.29) is 5.54 Å². The van der Waals surface area contributed by atoms with Crippen LogP contribution in [0.2, 0.25) is 0 Å². The summed E-state index contributed by atoms with van der Waals surface area (Å²) in [6, 6.07) is 6.11. The summed E-state index contributed by atoms with van der Waals surface area (Å²) in [7, 11) is 0. The number of aryl methyl sites for hydroxylation is 1. The Balaban J connectivity index is 2.76. The van der Waals surface area contributed by atoms with Gasteiger partial charge in [-0.1, -0.05) is 6.07 Å². The second-order valence-corrected chi connectivity index (χ2v) is 4.24. The lowest BCUT2D eigenvalue weighted by Crippen LogP contribution is -2.28. The van der Waals surface area contributed by atoms with Crippen LogP contribution in [-0.2, 0) is 5.54 Å². The number of hydrogen-bond acceptors (Lipinski definition) is 2. The van der Waals surface area contributed by atoms with Gasteiger partial charge < -0.3 is 5.73 Å². The molecule has 0 radical (unpaired) electrons. The number of aromatic nitrogens is 2. The van der Waals surface area contributed by atoms with Gasteiger partial charge in [0, 0.05) is 16.8 Å². The first-order valence-corrected chi connectivity index (χ1v) is 4.73. The maximum absolute atomic E-state index is 6.06. The normalized spacial score (nSPS) is 12.3. The summed E-state index contributed by atoms with van der Waals surface area (Å²) in [5, 5.41) is 4.32. The van der Waals surface area contributed by atoms with Crippen molar-refractivity contribution in [2.24, 2.45) is 5.73 Å². The fraction of sp³-hybridized carbons (Fsp3) is 0.364. The van der Waals surface area contributed by atoms with Crippen LogP contribution in [0, 0.1) is 6.92 Å². The molecule has 3 nitrogen and oxygen atoms in total. The van der Waals surface area contributed by atoms with E-state index in [9.17, 15) is 0 Å². The average molecular weight is 189 g/mol. The van der Waals surface area contributed by atoms with Gasteiger partial charge in [-0.3, -0.25) is 0 Å². The molecule has 0 aliphatic heterocycles. The second-order valence-electron chi connectivity index (χ2n) is 4.24. The van der Waals surface area contributed by atoms with Crippen molar-refractivity contribution in [2.75, 3.05) is 0 Å². The van der Waals surface area contributed by atoms with Crippen molar-refractivity contribution < 1.29 is 0 Å². The lowest BCUT2D eigenvalue weighted by Gasteiger charge is -2.16. The lowest BCUT2D eigenvalue weighted by molar-refractivity contribution is 0.559. The van der Waals surface area contributed by atoms with Crippen LogP contribution in [0.1, 0.15) is 25.1 Å². The molecule has 0 unspecified atom stereocenters. The molecule has 2 N–H and O–H groups in total. The first kappa shape index (κ1) is 9.21. The summed E-state index contributed by atoms with van der Waals surface area (Å²) in [5.74, 6) is 0. The smallest absolute Gasteiger partial charge is 0.0715 e. The minimum Gasteiger partial charge on any atom is -0.322 e. The number of pyridine rings is 1. The van der Waals surface area contributed by atoms with E-state index in [1.807, 2.05) is 49.7 Å². The third-order valence-corrected chi connectivity index (χ3v) is 2.43. The van der Waals surface area contributed by atoms with Gasteiger partial charge in [0.1, 0.15) is 0 Å². The Bertz CT molecular complexity index is 463. The molecular formula is C11H15N3. The van der Waals surface area contributed by atoms with Crippen LogP contribution in [-0.4, -0.2) is 9.61 Å². The number of nitrogens with zero attached hydrogens (tertiary/aromatic N) is 2. The molecule has 0 bridgehead atoms. The SMILES string of the molecule is Cc1cccc2c(C(C)(C)N)cnn12. The molecule has 0 fully saturated rings. The van der Waals surface area contributed by atoms with E-state index in [1.54, 1.807) is 0 Å². The Hall–Kier alpha value is -1.35. The number of rotatable bonds is 1. The van der Waals surface area contributed by atoms with Crippen LogP contribution in [0.5, 0.6) is 0 Å². The zero-order chi connectivity index (χ0) is 10.3. The Morgan fingerprint density at radius 3 is 2.71 bits per heavy atom. The van der Waals surface area contributed by atoms with Crippen LogP contribution >= 0.6 is 0 Å². The minimum absolute atomic E-state index is 0.338. The quantitative estimate of drug-likeness (QED) is 0.743. The van der Waals surface area contributed by atoms with Gasteiger partial charge in [-0.25, -0.2) is 4.52 Å². The highest BCUT2D eigenvalue weighted by Crippen LogP contribution is 2.22. The van der Waals surface area contributed by atoms with Crippen molar-refractivity contribution in [3.8, 4) is 0 Å². The van der Waals surface area contributed by atoms with Crippen molar-refractivity contribution in [1.82, 2.24) is 9.61 Å². The van der Waals surface area contributed by atoms with Gasteiger partial charge in [-0.15, -0.1) is 0 Å². The van der Waals surface area contributed by atoms with Crippen LogP contribution in [0.3, 0.4) is 0 Å². The Labute approximate surface area is 83.5 Å². The van der Waals surface area contributed by atoms with Crippen LogP contribution in [0.4, 0.5) is 0 Å². The summed E-state index contributed by atoms with van der Waals surface area (Å²) < 4.78 is 1.92. The standard InChI is InChI=1S/C11H15N3/c1-8-5-4-6-10-9(11(2,3)12)7-13-14(8)10/h4-7H,12H2,1-3H3. The first-order valence-electron chi connectivity index (χ1n) is 4.73. The van der Waals surface area contributed by atoms with Crippen molar-refractivity contribution in [1.29, 1.82) is 0 Å². The molecule has 74 valence electrons. The molecule has 0 aromatic carbocycles. The largest absolute Gasteiger partial charge is 0.322 e. The molecule has 2 aromatic heterocycles. The monoisotopic (exact) mass is 189 g/mol. The number of fused-ring (bicyclic) bond motifs is 1. The summed E-state index contributed by atoms with van der Waals surface area (Å²) in [5.41, 5.74) is 9.03. The molecule has 0 amide bonds. The summed E-state index contributed by atoms with van der Waals surface area (Å²) in [4.78, 5) is 0. The van der Waals surface area contributed by atoms with Crippen LogP contribution in [0.15, 0.2) is 24.4 Å². The van der Waals surface area contributed by atoms with Crippen molar-refractivity contribution in [2.45, 2.75) is 26.3 Å². The molecular weight excluding hydrogens is 174 g/mol. The third-order valence-electron chi connectivity index (χ3n) is 2.43. The fourth-order valence-corrected chi connectivity index (χ4v) is 1.64. The first-order chi connectivity index (χ1) is 6.50. The molecule has 14 heavy (non-hydrogen) atoms. The number of hydrogen-bond donors (Lipinski definition) is 1. The molecule has 0 saturated heterocycles. The number of nitrogens with two attached hydrogens (primary N) is 1. The van der Waals surface area contributed by atoms with Gasteiger partial charge in [-0.05, 0) is 32.9 Å². The van der Waals surface area contributed by atoms with Gasteiger partial charge in [-0.2, -0.15) is 5.10 Å². The van der Waals surface area contributed by atoms with Crippen molar-refractivity contribution in [3.63, 3.8) is 0 Å². The average Bonchev–Trinajstić information content (AvgIpc) is 2.47. The molecule has 0 spiro atoms. The van der Waals surface area contributed by atoms with Crippen molar-refractivity contribution >= 4 is 5.52 Å². The van der Waals surface area contributed by atoms with E-state index >= 15 is 0 Å². The summed E-state index contributed by atoms with van der Waals surface area (Å²) >= 11 is 0. The molecule has 2 heterocycles. The molecule has 0 aliphatic carbocycles. The van der Waals surface area contributed by atoms with Gasteiger partial charge in [0.15, 0.2) is 0 Å². The van der Waals surface area contributed by atoms with E-state index in [1.165, 1.54) is 0 Å². The highest BCUT2D eigenvalue weighted by atomic mass is 15.2. The Morgan fingerprint density at radius 2 is 2.07 bits per heavy atom. The maximum Gasteiger partial charge on any atom is 0.0715 e. The minimum atomic E-state index is -0.338. The van der Waals surface area contributed by atoms with E-state index < -0.39 is 0 Å². The molecule has 0 saturated carbocycles. The molecule has 2 rings (SSSR count). The van der Waals surface area contributed by atoms with E-state index in [0.29, 0.717) is 0 Å². The Morgan fingerprint density at radius 1 is 1.36 bits per heavy atom. The van der Waals surface area contributed by atoms with Gasteiger partial charge in [0.05, 0.1) is 11.7 Å². The predicted molar refractivity (Wildman–Crippen MR) is 57.1 cm³/mol. The highest BCUT2D eigenvalue weighted by Gasteiger charge is 2.19. The van der Waals surface area contributed by atoms with E-state index in [4.69, 9.17) is 5.73 Å². The van der Waals surface area contributed by atoms with Crippen molar-refractivity contribution in [3.05, 3.63) is 35.7 Å². The lowest BCUT2D eigenvalue weighted by atomic mass is 9.97. The zero-order valence-corrected chi connectivity index (χ0v) is 8.78. The maximum atomic E-state index is 6.06. The van der Waals surface area contributed by atoms with E-state index in [2.05, 4.69) is 5.10 Å². The van der Waals surface area contributed by atoms with Crippen LogP contribution in [0.25, 0.3) is 5.52 Å². The van der Waals surface area contributed by atoms with Gasteiger partial charge in [0.2, 0.25) is 0 Å². The van der Waals surface area contributed by atoms with Gasteiger partial charge >= 0.3 is 0 Å². The fourth-order valence-electron chi connectivity index (χ4n) is 1.64. The topological polar surface area (TPSA) is 43.3 Å². The molecule has 3 heteroatoms. The van der Waals surface area contributed by atoms with E-state index in [0.717, 1.165) is 16.8 Å².